The molecule has 1 aliphatic heterocycles. The highest BCUT2D eigenvalue weighted by Crippen LogP contribution is 2.33. The van der Waals surface area contributed by atoms with Crippen molar-refractivity contribution in [2.24, 2.45) is 10.5 Å². The number of nitrogens with zero attached hydrogens (tertiary/aromatic N) is 4. The Bertz CT molecular complexity index is 268. The molecule has 0 amide bonds. The molecule has 1 heterocycles. The molecule has 0 radical (unpaired) electrons. The molecule has 0 spiro atoms. The molecule has 1 aliphatic rings. The maximum absolute atomic E-state index is 8.61. The SMILES string of the molecule is CCCCN1CC(C)(C)C[C@H](N=[N+]=[N-])[C@H]1C. The summed E-state index contributed by atoms with van der Waals surface area (Å²) in [6.07, 6.45) is 3.44. The molecule has 0 aromatic heterocycles. The van der Waals surface area contributed by atoms with E-state index in [-0.39, 0.29) is 11.5 Å². The molecule has 1 rings (SSSR count). The van der Waals surface area contributed by atoms with E-state index < -0.39 is 0 Å². The molecule has 1 fully saturated rings. The molecular formula is C12H24N4. The maximum atomic E-state index is 8.61. The van der Waals surface area contributed by atoms with E-state index in [2.05, 4.69) is 42.6 Å². The minimum absolute atomic E-state index is 0.130. The zero-order valence-corrected chi connectivity index (χ0v) is 11.0. The Morgan fingerprint density at radius 3 is 2.75 bits per heavy atom. The predicted octanol–water partition coefficient (Wildman–Crippen LogP) is 3.59. The lowest BCUT2D eigenvalue weighted by Gasteiger charge is -2.45. The van der Waals surface area contributed by atoms with Gasteiger partial charge in [-0.25, -0.2) is 0 Å². The van der Waals surface area contributed by atoms with Crippen molar-refractivity contribution in [1.29, 1.82) is 0 Å². The molecule has 2 atom stereocenters. The van der Waals surface area contributed by atoms with Crippen LogP contribution in [0.5, 0.6) is 0 Å². The molecule has 0 unspecified atom stereocenters. The highest BCUT2D eigenvalue weighted by molar-refractivity contribution is 4.94. The minimum Gasteiger partial charge on any atom is -0.300 e. The lowest BCUT2D eigenvalue weighted by atomic mass is 9.79. The van der Waals surface area contributed by atoms with Gasteiger partial charge in [0.1, 0.15) is 0 Å². The first-order valence-electron chi connectivity index (χ1n) is 6.28. The quantitative estimate of drug-likeness (QED) is 0.409. The summed E-state index contributed by atoms with van der Waals surface area (Å²) in [5.41, 5.74) is 8.87. The first-order chi connectivity index (χ1) is 7.50. The monoisotopic (exact) mass is 224 g/mol. The predicted molar refractivity (Wildman–Crippen MR) is 67.3 cm³/mol. The normalized spacial score (nSPS) is 29.8. The van der Waals surface area contributed by atoms with Crippen LogP contribution in [0.1, 0.15) is 47.0 Å². The Morgan fingerprint density at radius 1 is 1.50 bits per heavy atom. The summed E-state index contributed by atoms with van der Waals surface area (Å²) in [6, 6.07) is 0.515. The summed E-state index contributed by atoms with van der Waals surface area (Å²) in [5.74, 6) is 0. The first-order valence-corrected chi connectivity index (χ1v) is 6.28. The van der Waals surface area contributed by atoms with Crippen molar-refractivity contribution in [3.05, 3.63) is 10.4 Å². The summed E-state index contributed by atoms with van der Waals surface area (Å²) in [4.78, 5) is 5.47. The summed E-state index contributed by atoms with van der Waals surface area (Å²) >= 11 is 0. The average Bonchev–Trinajstić information content (AvgIpc) is 2.21. The second-order valence-corrected chi connectivity index (χ2v) is 5.71. The van der Waals surface area contributed by atoms with E-state index in [0.29, 0.717) is 6.04 Å². The lowest BCUT2D eigenvalue weighted by Crippen LogP contribution is -2.52. The topological polar surface area (TPSA) is 52.0 Å². The fourth-order valence-electron chi connectivity index (χ4n) is 2.59. The molecule has 0 aliphatic carbocycles. The third kappa shape index (κ3) is 3.39. The Labute approximate surface area is 98.6 Å². The van der Waals surface area contributed by atoms with Crippen LogP contribution in [0.2, 0.25) is 0 Å². The van der Waals surface area contributed by atoms with Crippen molar-refractivity contribution < 1.29 is 0 Å². The van der Waals surface area contributed by atoms with Crippen LogP contribution in [0.25, 0.3) is 10.4 Å². The number of hydrogen-bond acceptors (Lipinski definition) is 2. The number of unbranched alkanes of at least 4 members (excludes halogenated alkanes) is 1. The van der Waals surface area contributed by atoms with Gasteiger partial charge in [0.25, 0.3) is 0 Å². The van der Waals surface area contributed by atoms with Crippen molar-refractivity contribution in [3.63, 3.8) is 0 Å². The number of hydrogen-bond donors (Lipinski definition) is 0. The van der Waals surface area contributed by atoms with Crippen molar-refractivity contribution in [1.82, 2.24) is 4.90 Å². The van der Waals surface area contributed by atoms with Crippen LogP contribution < -0.4 is 0 Å². The fourth-order valence-corrected chi connectivity index (χ4v) is 2.59. The summed E-state index contributed by atoms with van der Waals surface area (Å²) in [7, 11) is 0. The van der Waals surface area contributed by atoms with Crippen molar-refractivity contribution in [2.45, 2.75) is 59.0 Å². The maximum Gasteiger partial charge on any atom is 0.0532 e. The number of rotatable bonds is 4. The molecule has 4 heteroatoms. The van der Waals surface area contributed by atoms with Crippen molar-refractivity contribution in [3.8, 4) is 0 Å². The number of piperidine rings is 1. The Hall–Kier alpha value is -0.730. The molecule has 1 saturated heterocycles. The van der Waals surface area contributed by atoms with E-state index in [1.807, 2.05) is 0 Å². The molecule has 92 valence electrons. The van der Waals surface area contributed by atoms with Gasteiger partial charge in [-0.3, -0.25) is 4.90 Å². The first kappa shape index (κ1) is 13.3. The van der Waals surface area contributed by atoms with Crippen LogP contribution in [0.3, 0.4) is 0 Å². The average molecular weight is 224 g/mol. The summed E-state index contributed by atoms with van der Waals surface area (Å²) in [5, 5.41) is 3.96. The van der Waals surface area contributed by atoms with Crippen molar-refractivity contribution in [2.75, 3.05) is 13.1 Å². The molecular weight excluding hydrogens is 200 g/mol. The number of azide groups is 1. The fraction of sp³-hybridized carbons (Fsp3) is 1.00. The second-order valence-electron chi connectivity index (χ2n) is 5.71. The highest BCUT2D eigenvalue weighted by Gasteiger charge is 2.36. The molecule has 4 nitrogen and oxygen atoms in total. The third-order valence-electron chi connectivity index (χ3n) is 3.52. The smallest absolute Gasteiger partial charge is 0.0532 e. The Kier molecular flexibility index (Phi) is 4.63. The van der Waals surface area contributed by atoms with E-state index in [4.69, 9.17) is 5.53 Å². The van der Waals surface area contributed by atoms with Crippen LogP contribution in [-0.4, -0.2) is 30.1 Å². The molecule has 0 aromatic rings. The Morgan fingerprint density at radius 2 is 2.19 bits per heavy atom. The van der Waals surface area contributed by atoms with E-state index in [1.165, 1.54) is 12.8 Å². The lowest BCUT2D eigenvalue weighted by molar-refractivity contribution is 0.0544. The standard InChI is InChI=1S/C12H24N4/c1-5-6-7-16-9-12(3,4)8-11(10(16)2)14-15-13/h10-11H,5-9H2,1-4H3/t10-,11+/m1/s1. The van der Waals surface area contributed by atoms with Crippen LogP contribution in [0.15, 0.2) is 5.11 Å². The van der Waals surface area contributed by atoms with Gasteiger partial charge in [0, 0.05) is 17.5 Å². The zero-order chi connectivity index (χ0) is 12.2. The van der Waals surface area contributed by atoms with Gasteiger partial charge in [-0.1, -0.05) is 32.3 Å². The second kappa shape index (κ2) is 5.55. The van der Waals surface area contributed by atoms with Gasteiger partial charge >= 0.3 is 0 Å². The van der Waals surface area contributed by atoms with E-state index in [9.17, 15) is 0 Å². The van der Waals surface area contributed by atoms with Crippen molar-refractivity contribution >= 4 is 0 Å². The molecule has 0 saturated carbocycles. The number of likely N-dealkylation sites (tertiary alicyclic amines) is 1. The highest BCUT2D eigenvalue weighted by atomic mass is 15.2. The van der Waals surface area contributed by atoms with E-state index in [1.54, 1.807) is 0 Å². The molecule has 16 heavy (non-hydrogen) atoms. The van der Waals surface area contributed by atoms with Gasteiger partial charge < -0.3 is 0 Å². The van der Waals surface area contributed by atoms with Crippen LogP contribution in [0, 0.1) is 5.41 Å². The van der Waals surface area contributed by atoms with Crippen LogP contribution in [-0.2, 0) is 0 Å². The summed E-state index contributed by atoms with van der Waals surface area (Å²) < 4.78 is 0. The zero-order valence-electron chi connectivity index (χ0n) is 11.0. The van der Waals surface area contributed by atoms with Gasteiger partial charge in [0.05, 0.1) is 6.04 Å². The van der Waals surface area contributed by atoms with Gasteiger partial charge in [0.2, 0.25) is 0 Å². The largest absolute Gasteiger partial charge is 0.300 e. The molecule has 0 bridgehead atoms. The Balaban J connectivity index is 2.72. The minimum atomic E-state index is 0.130. The third-order valence-corrected chi connectivity index (χ3v) is 3.52. The summed E-state index contributed by atoms with van der Waals surface area (Å²) in [6.45, 7) is 11.2. The van der Waals surface area contributed by atoms with Crippen LogP contribution in [0.4, 0.5) is 0 Å². The van der Waals surface area contributed by atoms with Gasteiger partial charge in [-0.15, -0.1) is 0 Å². The molecule has 0 aromatic carbocycles. The van der Waals surface area contributed by atoms with Crippen LogP contribution >= 0.6 is 0 Å². The van der Waals surface area contributed by atoms with Gasteiger partial charge in [-0.2, -0.15) is 0 Å². The van der Waals surface area contributed by atoms with E-state index >= 15 is 0 Å². The van der Waals surface area contributed by atoms with E-state index in [0.717, 1.165) is 19.5 Å². The molecule has 0 N–H and O–H groups in total. The van der Waals surface area contributed by atoms with Gasteiger partial charge in [0.15, 0.2) is 0 Å². The van der Waals surface area contributed by atoms with Gasteiger partial charge in [-0.05, 0) is 37.3 Å².